The van der Waals surface area contributed by atoms with Crippen LogP contribution in [0, 0.1) is 6.92 Å². The van der Waals surface area contributed by atoms with Crippen LogP contribution in [-0.4, -0.2) is 4.98 Å². The molecule has 0 spiro atoms. The van der Waals surface area contributed by atoms with E-state index in [0.717, 1.165) is 12.1 Å². The Kier molecular flexibility index (Phi) is 3.01. The first-order valence-corrected chi connectivity index (χ1v) is 7.60. The molecule has 2 heteroatoms. The summed E-state index contributed by atoms with van der Waals surface area (Å²) in [6.45, 7) is 13.0. The standard InChI is InChI=1S/C19H23N2/c1-6-18(4)16-11-9-8-10-15(16)17-12-14(3)20-13-21(17)19(18,5)7-2/h6,8-13H,1,7H2,2-5H3/q+1. The lowest BCUT2D eigenvalue weighted by atomic mass is 9.62. The molecule has 0 radical (unpaired) electrons. The zero-order chi connectivity index (χ0) is 15.3. The molecule has 2 unspecified atom stereocenters. The number of hydrogen-bond donors (Lipinski definition) is 0. The number of benzene rings is 1. The predicted molar refractivity (Wildman–Crippen MR) is 86.1 cm³/mol. The summed E-state index contributed by atoms with van der Waals surface area (Å²) in [5, 5.41) is 0. The van der Waals surface area contributed by atoms with Gasteiger partial charge in [-0.15, -0.1) is 6.58 Å². The van der Waals surface area contributed by atoms with E-state index in [1.165, 1.54) is 16.8 Å². The molecular formula is C19H23N2+. The minimum absolute atomic E-state index is 0.0703. The molecule has 3 rings (SSSR count). The van der Waals surface area contributed by atoms with Gasteiger partial charge >= 0.3 is 0 Å². The molecule has 0 fully saturated rings. The van der Waals surface area contributed by atoms with E-state index >= 15 is 0 Å². The van der Waals surface area contributed by atoms with Gasteiger partial charge in [-0.3, -0.25) is 0 Å². The van der Waals surface area contributed by atoms with E-state index in [2.05, 4.69) is 73.3 Å². The van der Waals surface area contributed by atoms with Crippen LogP contribution in [0.1, 0.15) is 38.4 Å². The second-order valence-electron chi connectivity index (χ2n) is 6.36. The summed E-state index contributed by atoms with van der Waals surface area (Å²) < 4.78 is 2.34. The molecule has 2 atom stereocenters. The largest absolute Gasteiger partial charge is 0.287 e. The normalized spacial score (nSPS) is 26.9. The summed E-state index contributed by atoms with van der Waals surface area (Å²) in [5.41, 5.74) is 4.76. The number of fused-ring (bicyclic) bond motifs is 3. The fourth-order valence-corrected chi connectivity index (χ4v) is 3.68. The molecule has 108 valence electrons. The van der Waals surface area contributed by atoms with Gasteiger partial charge in [-0.25, -0.2) is 4.57 Å². The van der Waals surface area contributed by atoms with Crippen LogP contribution in [0.2, 0.25) is 0 Å². The molecule has 1 aromatic carbocycles. The minimum atomic E-state index is -0.118. The molecular weight excluding hydrogens is 256 g/mol. The van der Waals surface area contributed by atoms with Gasteiger partial charge in [0.15, 0.2) is 5.69 Å². The van der Waals surface area contributed by atoms with Crippen molar-refractivity contribution >= 4 is 0 Å². The van der Waals surface area contributed by atoms with Crippen LogP contribution >= 0.6 is 0 Å². The van der Waals surface area contributed by atoms with Crippen LogP contribution in [0.5, 0.6) is 0 Å². The molecule has 0 N–H and O–H groups in total. The Morgan fingerprint density at radius 1 is 1.29 bits per heavy atom. The van der Waals surface area contributed by atoms with Crippen molar-refractivity contribution in [2.75, 3.05) is 0 Å². The van der Waals surface area contributed by atoms with E-state index in [1.807, 2.05) is 13.3 Å². The first-order valence-electron chi connectivity index (χ1n) is 7.60. The Morgan fingerprint density at radius 3 is 2.67 bits per heavy atom. The third-order valence-electron chi connectivity index (χ3n) is 5.49. The predicted octanol–water partition coefficient (Wildman–Crippen LogP) is 3.93. The maximum absolute atomic E-state index is 4.54. The Hall–Kier alpha value is -1.96. The number of hydrogen-bond acceptors (Lipinski definition) is 1. The molecule has 2 aromatic rings. The van der Waals surface area contributed by atoms with E-state index in [4.69, 9.17) is 0 Å². The number of nitrogens with zero attached hydrogens (tertiary/aromatic N) is 2. The maximum Gasteiger partial charge on any atom is 0.287 e. The van der Waals surface area contributed by atoms with Gasteiger partial charge in [0.25, 0.3) is 6.33 Å². The van der Waals surface area contributed by atoms with Crippen molar-refractivity contribution in [1.82, 2.24) is 4.98 Å². The fraction of sp³-hybridized carbons (Fsp3) is 0.368. The average molecular weight is 279 g/mol. The Bertz CT molecular complexity index is 719. The highest BCUT2D eigenvalue weighted by Crippen LogP contribution is 2.47. The highest BCUT2D eigenvalue weighted by molar-refractivity contribution is 5.66. The van der Waals surface area contributed by atoms with Crippen molar-refractivity contribution in [1.29, 1.82) is 0 Å². The number of aryl methyl sites for hydroxylation is 1. The smallest absolute Gasteiger partial charge is 0.223 e. The van der Waals surface area contributed by atoms with Crippen LogP contribution in [-0.2, 0) is 11.0 Å². The van der Waals surface area contributed by atoms with E-state index in [1.54, 1.807) is 0 Å². The second-order valence-corrected chi connectivity index (χ2v) is 6.36. The first kappa shape index (κ1) is 14.0. The van der Waals surface area contributed by atoms with Crippen LogP contribution in [0.3, 0.4) is 0 Å². The first-order chi connectivity index (χ1) is 9.98. The monoisotopic (exact) mass is 279 g/mol. The van der Waals surface area contributed by atoms with Crippen molar-refractivity contribution in [3.63, 3.8) is 0 Å². The van der Waals surface area contributed by atoms with Crippen molar-refractivity contribution in [2.24, 2.45) is 0 Å². The number of rotatable bonds is 2. The molecule has 0 saturated carbocycles. The van der Waals surface area contributed by atoms with Crippen molar-refractivity contribution in [3.05, 3.63) is 60.6 Å². The summed E-state index contributed by atoms with van der Waals surface area (Å²) in [5.74, 6) is 0. The average Bonchev–Trinajstić information content (AvgIpc) is 2.52. The molecule has 0 amide bonds. The molecule has 2 nitrogen and oxygen atoms in total. The molecule has 0 aliphatic carbocycles. The maximum atomic E-state index is 4.54. The van der Waals surface area contributed by atoms with Crippen molar-refractivity contribution in [2.45, 2.75) is 45.1 Å². The zero-order valence-electron chi connectivity index (χ0n) is 13.4. The molecule has 1 aromatic heterocycles. The summed E-state index contributed by atoms with van der Waals surface area (Å²) in [6, 6.07) is 10.9. The lowest BCUT2D eigenvalue weighted by Crippen LogP contribution is -2.67. The Morgan fingerprint density at radius 2 is 2.00 bits per heavy atom. The van der Waals surface area contributed by atoms with Gasteiger partial charge in [-0.1, -0.05) is 42.2 Å². The van der Waals surface area contributed by atoms with Crippen molar-refractivity contribution in [3.8, 4) is 11.3 Å². The second kappa shape index (κ2) is 4.52. The van der Waals surface area contributed by atoms with Crippen LogP contribution < -0.4 is 4.57 Å². The van der Waals surface area contributed by atoms with E-state index in [0.29, 0.717) is 0 Å². The van der Waals surface area contributed by atoms with Gasteiger partial charge in [0.05, 0.1) is 5.41 Å². The van der Waals surface area contributed by atoms with Gasteiger partial charge < -0.3 is 0 Å². The summed E-state index contributed by atoms with van der Waals surface area (Å²) in [4.78, 5) is 4.54. The zero-order valence-corrected chi connectivity index (χ0v) is 13.4. The SMILES string of the molecule is C=CC1(C)c2ccccc2-c2cc(C)nc[n+]2C1(C)CC. The fourth-order valence-electron chi connectivity index (χ4n) is 3.68. The summed E-state index contributed by atoms with van der Waals surface area (Å²) >= 11 is 0. The van der Waals surface area contributed by atoms with Crippen LogP contribution in [0.4, 0.5) is 0 Å². The highest BCUT2D eigenvalue weighted by atomic mass is 15.1. The number of aromatic nitrogens is 2. The van der Waals surface area contributed by atoms with E-state index < -0.39 is 0 Å². The molecule has 1 aliphatic heterocycles. The Labute approximate surface area is 127 Å². The third kappa shape index (κ3) is 1.65. The topological polar surface area (TPSA) is 16.8 Å². The molecule has 1 aliphatic rings. The third-order valence-corrected chi connectivity index (χ3v) is 5.49. The minimum Gasteiger partial charge on any atom is -0.223 e. The lowest BCUT2D eigenvalue weighted by Gasteiger charge is -2.47. The Balaban J connectivity index is 2.46. The lowest BCUT2D eigenvalue weighted by molar-refractivity contribution is -0.765. The van der Waals surface area contributed by atoms with E-state index in [-0.39, 0.29) is 11.0 Å². The number of allylic oxidation sites excluding steroid dienone is 1. The quantitative estimate of drug-likeness (QED) is 0.601. The molecule has 0 bridgehead atoms. The molecule has 2 heterocycles. The van der Waals surface area contributed by atoms with Gasteiger partial charge in [0.1, 0.15) is 11.2 Å². The van der Waals surface area contributed by atoms with Crippen LogP contribution in [0.15, 0.2) is 49.3 Å². The summed E-state index contributed by atoms with van der Waals surface area (Å²) in [6.07, 6.45) is 5.11. The summed E-state index contributed by atoms with van der Waals surface area (Å²) in [7, 11) is 0. The highest BCUT2D eigenvalue weighted by Gasteiger charge is 2.52. The van der Waals surface area contributed by atoms with Crippen LogP contribution in [0.25, 0.3) is 11.3 Å². The molecule has 0 saturated heterocycles. The van der Waals surface area contributed by atoms with Gasteiger partial charge in [-0.05, 0) is 25.8 Å². The van der Waals surface area contributed by atoms with Gasteiger partial charge in [0, 0.05) is 18.6 Å². The molecule has 21 heavy (non-hydrogen) atoms. The van der Waals surface area contributed by atoms with Crippen molar-refractivity contribution < 1.29 is 4.57 Å². The van der Waals surface area contributed by atoms with E-state index in [9.17, 15) is 0 Å². The van der Waals surface area contributed by atoms with Gasteiger partial charge in [0.2, 0.25) is 0 Å². The van der Waals surface area contributed by atoms with Gasteiger partial charge in [-0.2, -0.15) is 0 Å².